The molecule has 0 atom stereocenters. The molecule has 0 spiro atoms. The molecule has 2 heterocycles. The van der Waals surface area contributed by atoms with Crippen LogP contribution in [0.15, 0.2) is 36.4 Å². The summed E-state index contributed by atoms with van der Waals surface area (Å²) in [5.41, 5.74) is 7.52. The van der Waals surface area contributed by atoms with Crippen LogP contribution in [-0.4, -0.2) is 44.2 Å². The van der Waals surface area contributed by atoms with Crippen molar-refractivity contribution in [1.82, 2.24) is 4.90 Å². The van der Waals surface area contributed by atoms with Gasteiger partial charge in [0.15, 0.2) is 5.75 Å². The van der Waals surface area contributed by atoms with E-state index >= 15 is 0 Å². The first-order valence-electron chi connectivity index (χ1n) is 11.4. The van der Waals surface area contributed by atoms with Crippen molar-refractivity contribution in [3.8, 4) is 5.75 Å². The molecule has 29 heavy (non-hydrogen) atoms. The highest BCUT2D eigenvalue weighted by atomic mass is 17.2. The fourth-order valence-corrected chi connectivity index (χ4v) is 5.19. The molecule has 1 saturated heterocycles. The number of nitrogens with zero attached hydrogens (tertiary/aromatic N) is 2. The van der Waals surface area contributed by atoms with Crippen LogP contribution in [0.5, 0.6) is 5.75 Å². The van der Waals surface area contributed by atoms with E-state index in [-0.39, 0.29) is 0 Å². The number of aryl methyl sites for hydroxylation is 1. The smallest absolute Gasteiger partial charge is 0.170 e. The Labute approximate surface area is 174 Å². The number of piperazine rings is 1. The van der Waals surface area contributed by atoms with E-state index in [1.165, 1.54) is 56.3 Å². The number of rotatable bonds is 4. The van der Waals surface area contributed by atoms with Gasteiger partial charge in [-0.15, -0.1) is 0 Å². The topological polar surface area (TPSA) is 24.9 Å². The lowest BCUT2D eigenvalue weighted by atomic mass is 9.95. The van der Waals surface area contributed by atoms with Gasteiger partial charge in [0.1, 0.15) is 0 Å². The zero-order chi connectivity index (χ0) is 19.5. The Hall–Kier alpha value is -2.04. The van der Waals surface area contributed by atoms with Crippen molar-refractivity contribution >= 4 is 5.69 Å². The molecule has 4 nitrogen and oxygen atoms in total. The Kier molecular flexibility index (Phi) is 5.73. The highest BCUT2D eigenvalue weighted by Crippen LogP contribution is 2.33. The first-order chi connectivity index (χ1) is 14.4. The molecule has 0 saturated carbocycles. The van der Waals surface area contributed by atoms with Crippen LogP contribution in [0.1, 0.15) is 41.5 Å². The minimum atomic E-state index is 0.644. The molecule has 0 aromatic heterocycles. The molecule has 0 bridgehead atoms. The third-order valence-corrected chi connectivity index (χ3v) is 6.85. The van der Waals surface area contributed by atoms with Crippen molar-refractivity contribution in [1.29, 1.82) is 0 Å². The van der Waals surface area contributed by atoms with E-state index in [2.05, 4.69) is 40.1 Å². The molecule has 0 amide bonds. The monoisotopic (exact) mass is 392 g/mol. The van der Waals surface area contributed by atoms with Gasteiger partial charge in [-0.05, 0) is 60.9 Å². The lowest BCUT2D eigenvalue weighted by Crippen LogP contribution is -2.47. The Bertz CT molecular complexity index is 843. The predicted molar refractivity (Wildman–Crippen MR) is 117 cm³/mol. The van der Waals surface area contributed by atoms with Gasteiger partial charge >= 0.3 is 0 Å². The van der Waals surface area contributed by atoms with Gasteiger partial charge in [0.2, 0.25) is 0 Å². The van der Waals surface area contributed by atoms with Gasteiger partial charge in [-0.25, -0.2) is 0 Å². The van der Waals surface area contributed by atoms with Crippen LogP contribution in [0.25, 0.3) is 0 Å². The fraction of sp³-hybridized carbons (Fsp3) is 0.520. The summed E-state index contributed by atoms with van der Waals surface area (Å²) < 4.78 is 0. The molecule has 2 aromatic carbocycles. The van der Waals surface area contributed by atoms with Crippen LogP contribution in [0.4, 0.5) is 5.69 Å². The molecule has 1 aliphatic carbocycles. The molecule has 5 rings (SSSR count). The summed E-state index contributed by atoms with van der Waals surface area (Å²) in [6.07, 6.45) is 8.79. The fourth-order valence-electron chi connectivity index (χ4n) is 5.19. The Balaban J connectivity index is 1.20. The highest BCUT2D eigenvalue weighted by molar-refractivity contribution is 5.60. The molecule has 154 valence electrons. The number of anilines is 1. The maximum Gasteiger partial charge on any atom is 0.170 e. The van der Waals surface area contributed by atoms with Crippen molar-refractivity contribution in [3.63, 3.8) is 0 Å². The second-order valence-electron chi connectivity index (χ2n) is 8.60. The summed E-state index contributed by atoms with van der Waals surface area (Å²) in [7, 11) is 0. The van der Waals surface area contributed by atoms with Gasteiger partial charge in [-0.2, -0.15) is 4.89 Å². The number of hydrogen-bond donors (Lipinski definition) is 0. The highest BCUT2D eigenvalue weighted by Gasteiger charge is 2.23. The van der Waals surface area contributed by atoms with Crippen LogP contribution in [0.3, 0.4) is 0 Å². The van der Waals surface area contributed by atoms with E-state index < -0.39 is 0 Å². The van der Waals surface area contributed by atoms with Gasteiger partial charge in [0.05, 0.1) is 6.61 Å². The lowest BCUT2D eigenvalue weighted by Gasteiger charge is -2.37. The number of fused-ring (bicyclic) bond motifs is 2. The van der Waals surface area contributed by atoms with Gasteiger partial charge in [0, 0.05) is 50.4 Å². The molecular formula is C25H32N2O2. The molecular weight excluding hydrogens is 360 g/mol. The van der Waals surface area contributed by atoms with Crippen molar-refractivity contribution in [2.24, 2.45) is 0 Å². The standard InChI is InChI=1S/C25H32N2O2/c1-2-6-20-7-4-8-21(22(20)9-3-1)12-14-26-15-17-27(18-16-26)24-10-5-11-25-23(24)13-19-28-29-25/h4-5,7-8,10-11H,1-3,6,9,12-19H2. The SMILES string of the molecule is c1cc2c(c(CCN3CCN(c4cccc5c4CCOO5)CC3)c1)CCCCC2. The summed E-state index contributed by atoms with van der Waals surface area (Å²) in [5, 5.41) is 0. The van der Waals surface area contributed by atoms with E-state index in [0.29, 0.717) is 6.61 Å². The van der Waals surface area contributed by atoms with Gasteiger partial charge in [-0.3, -0.25) is 4.90 Å². The van der Waals surface area contributed by atoms with Crippen LogP contribution in [0, 0.1) is 0 Å². The maximum absolute atomic E-state index is 5.38. The van der Waals surface area contributed by atoms with E-state index in [0.717, 1.165) is 38.3 Å². The quantitative estimate of drug-likeness (QED) is 0.575. The summed E-state index contributed by atoms with van der Waals surface area (Å²) >= 11 is 0. The second-order valence-corrected chi connectivity index (χ2v) is 8.60. The average Bonchev–Trinajstić information content (AvgIpc) is 3.04. The van der Waals surface area contributed by atoms with E-state index in [9.17, 15) is 0 Å². The zero-order valence-corrected chi connectivity index (χ0v) is 17.4. The molecule has 0 unspecified atom stereocenters. The van der Waals surface area contributed by atoms with Gasteiger partial charge in [0.25, 0.3) is 0 Å². The molecule has 0 N–H and O–H groups in total. The number of hydrogen-bond acceptors (Lipinski definition) is 4. The van der Waals surface area contributed by atoms with Crippen molar-refractivity contribution in [2.45, 2.75) is 44.9 Å². The molecule has 0 radical (unpaired) electrons. The van der Waals surface area contributed by atoms with E-state index in [4.69, 9.17) is 9.78 Å². The van der Waals surface area contributed by atoms with Gasteiger partial charge < -0.3 is 9.79 Å². The van der Waals surface area contributed by atoms with Gasteiger partial charge in [-0.1, -0.05) is 30.7 Å². The normalized spacial score (nSPS) is 19.8. The first-order valence-corrected chi connectivity index (χ1v) is 11.4. The van der Waals surface area contributed by atoms with Crippen molar-refractivity contribution in [2.75, 3.05) is 44.2 Å². The zero-order valence-electron chi connectivity index (χ0n) is 17.4. The maximum atomic E-state index is 5.38. The van der Waals surface area contributed by atoms with Crippen molar-refractivity contribution < 1.29 is 9.78 Å². The predicted octanol–water partition coefficient (Wildman–Crippen LogP) is 4.19. The Morgan fingerprint density at radius 3 is 2.59 bits per heavy atom. The largest absolute Gasteiger partial charge is 0.369 e. The Morgan fingerprint density at radius 2 is 1.66 bits per heavy atom. The van der Waals surface area contributed by atoms with Crippen LogP contribution < -0.4 is 9.79 Å². The molecule has 2 aliphatic heterocycles. The summed E-state index contributed by atoms with van der Waals surface area (Å²) in [5.74, 6) is 0.890. The molecule has 2 aromatic rings. The molecule has 4 heteroatoms. The minimum Gasteiger partial charge on any atom is -0.369 e. The average molecular weight is 393 g/mol. The summed E-state index contributed by atoms with van der Waals surface area (Å²) in [4.78, 5) is 15.7. The second kappa shape index (κ2) is 8.76. The van der Waals surface area contributed by atoms with E-state index in [1.807, 2.05) is 6.07 Å². The van der Waals surface area contributed by atoms with Crippen molar-refractivity contribution in [3.05, 3.63) is 58.7 Å². The molecule has 3 aliphatic rings. The summed E-state index contributed by atoms with van der Waals surface area (Å²) in [6.45, 7) is 6.26. The Morgan fingerprint density at radius 1 is 0.793 bits per heavy atom. The first kappa shape index (κ1) is 19.0. The third-order valence-electron chi connectivity index (χ3n) is 6.85. The number of benzene rings is 2. The minimum absolute atomic E-state index is 0.644. The van der Waals surface area contributed by atoms with Crippen LogP contribution in [-0.2, 0) is 30.6 Å². The van der Waals surface area contributed by atoms with E-state index in [1.54, 1.807) is 16.7 Å². The van der Waals surface area contributed by atoms with Crippen LogP contribution >= 0.6 is 0 Å². The third kappa shape index (κ3) is 4.15. The lowest BCUT2D eigenvalue weighted by molar-refractivity contribution is -0.215. The van der Waals surface area contributed by atoms with Crippen LogP contribution in [0.2, 0.25) is 0 Å². The molecule has 1 fully saturated rings. The summed E-state index contributed by atoms with van der Waals surface area (Å²) in [6, 6.07) is 13.3.